The zero-order valence-corrected chi connectivity index (χ0v) is 20.0. The van der Waals surface area contributed by atoms with Gasteiger partial charge in [0.15, 0.2) is 0 Å². The third kappa shape index (κ3) is 3.81. The summed E-state index contributed by atoms with van der Waals surface area (Å²) in [7, 11) is 0. The predicted octanol–water partition coefficient (Wildman–Crippen LogP) is 2.76. The number of carbonyl (C=O) groups is 3. The maximum absolute atomic E-state index is 13.0. The van der Waals surface area contributed by atoms with Crippen LogP contribution in [0, 0.1) is 22.7 Å². The first kappa shape index (κ1) is 22.5. The molecule has 6 rings (SSSR count). The Morgan fingerprint density at radius 1 is 1.06 bits per heavy atom. The fourth-order valence-electron chi connectivity index (χ4n) is 6.73. The van der Waals surface area contributed by atoms with Crippen molar-refractivity contribution >= 4 is 17.7 Å². The second-order valence-corrected chi connectivity index (χ2v) is 11.0. The average molecular weight is 477 g/mol. The molecule has 2 saturated heterocycles. The molecule has 5 aliphatic rings. The number of likely N-dealkylation sites (tertiary alicyclic amines) is 1. The summed E-state index contributed by atoms with van der Waals surface area (Å²) in [6.45, 7) is 2.35. The van der Waals surface area contributed by atoms with Crippen molar-refractivity contribution in [2.24, 2.45) is 11.3 Å². The Morgan fingerprint density at radius 2 is 1.86 bits per heavy atom. The van der Waals surface area contributed by atoms with E-state index in [0.29, 0.717) is 30.5 Å². The lowest BCUT2D eigenvalue weighted by atomic mass is 9.59. The Bertz CT molecular complexity index is 1100. The highest BCUT2D eigenvalue weighted by Gasteiger charge is 2.51. The quantitative estimate of drug-likeness (QED) is 0.656. The Labute approximate surface area is 205 Å². The van der Waals surface area contributed by atoms with Crippen LogP contribution in [0.1, 0.15) is 73.7 Å². The molecular weight excluding hydrogens is 444 g/mol. The minimum absolute atomic E-state index is 0.0809. The van der Waals surface area contributed by atoms with E-state index >= 15 is 0 Å². The van der Waals surface area contributed by atoms with Crippen molar-refractivity contribution in [3.8, 4) is 11.8 Å². The smallest absolute Gasteiger partial charge is 0.255 e. The van der Waals surface area contributed by atoms with Crippen LogP contribution < -0.4 is 10.1 Å². The number of nitrogens with one attached hydrogen (secondary N) is 1. The zero-order chi connectivity index (χ0) is 24.2. The van der Waals surface area contributed by atoms with Gasteiger partial charge in [0.2, 0.25) is 11.8 Å². The van der Waals surface area contributed by atoms with Gasteiger partial charge >= 0.3 is 0 Å². The number of benzene rings is 1. The lowest BCUT2D eigenvalue weighted by molar-refractivity contribution is -0.136. The molecule has 3 amide bonds. The van der Waals surface area contributed by atoms with Gasteiger partial charge in [-0.3, -0.25) is 24.6 Å². The number of carbonyl (C=O) groups excluding carboxylic acids is 3. The van der Waals surface area contributed by atoms with Crippen LogP contribution in [0.3, 0.4) is 0 Å². The number of hydrogen-bond donors (Lipinski definition) is 1. The highest BCUT2D eigenvalue weighted by Crippen LogP contribution is 2.50. The van der Waals surface area contributed by atoms with E-state index in [9.17, 15) is 19.6 Å². The standard InChI is InChI=1S/C27H32N4O4/c28-16-27(10-3-11-27)18-14-30(15-18)21-4-1-2-5-23(21)35-19-6-7-20-17(12-19)13-31(26(20)34)22-8-9-24(32)29-25(22)33/h6-7,12,18,21-23H,1-5,8-11,13-15H2,(H,29,32,33)/t21-,22?,23+/m1/s1. The number of rotatable bonds is 5. The van der Waals surface area contributed by atoms with Crippen LogP contribution in [0.5, 0.6) is 5.75 Å². The Morgan fingerprint density at radius 3 is 2.57 bits per heavy atom. The number of ether oxygens (including phenoxy) is 1. The van der Waals surface area contributed by atoms with E-state index in [4.69, 9.17) is 4.74 Å². The molecule has 0 aromatic heterocycles. The van der Waals surface area contributed by atoms with Crippen LogP contribution in [0.15, 0.2) is 18.2 Å². The first-order valence-corrected chi connectivity index (χ1v) is 13.1. The third-order valence-corrected chi connectivity index (χ3v) is 9.08. The van der Waals surface area contributed by atoms with Gasteiger partial charge in [0, 0.05) is 43.6 Å². The molecule has 1 unspecified atom stereocenters. The van der Waals surface area contributed by atoms with Crippen molar-refractivity contribution in [1.82, 2.24) is 15.1 Å². The van der Waals surface area contributed by atoms with Gasteiger partial charge in [-0.15, -0.1) is 0 Å². The van der Waals surface area contributed by atoms with E-state index in [0.717, 1.165) is 56.5 Å². The maximum Gasteiger partial charge on any atom is 0.255 e. The van der Waals surface area contributed by atoms with E-state index in [2.05, 4.69) is 16.3 Å². The van der Waals surface area contributed by atoms with Gasteiger partial charge < -0.3 is 9.64 Å². The minimum atomic E-state index is -0.605. The second-order valence-electron chi connectivity index (χ2n) is 11.0. The molecule has 1 aromatic rings. The summed E-state index contributed by atoms with van der Waals surface area (Å²) in [5.74, 6) is 0.427. The number of amides is 3. The predicted molar refractivity (Wildman–Crippen MR) is 126 cm³/mol. The fraction of sp³-hybridized carbons (Fsp3) is 0.630. The maximum atomic E-state index is 13.0. The summed E-state index contributed by atoms with van der Waals surface area (Å²) < 4.78 is 6.53. The van der Waals surface area contributed by atoms with E-state index in [1.54, 1.807) is 4.90 Å². The van der Waals surface area contributed by atoms with Crippen molar-refractivity contribution in [1.29, 1.82) is 5.26 Å². The summed E-state index contributed by atoms with van der Waals surface area (Å²) in [5.41, 5.74) is 1.40. The lowest BCUT2D eigenvalue weighted by Crippen LogP contribution is -2.62. The molecule has 0 spiro atoms. The summed E-state index contributed by atoms with van der Waals surface area (Å²) in [5, 5.41) is 12.0. The van der Waals surface area contributed by atoms with Crippen LogP contribution in [-0.4, -0.2) is 58.8 Å². The van der Waals surface area contributed by atoms with Gasteiger partial charge in [-0.05, 0) is 62.3 Å². The molecule has 8 nitrogen and oxygen atoms in total. The van der Waals surface area contributed by atoms with Gasteiger partial charge in [0.25, 0.3) is 5.91 Å². The molecule has 4 fully saturated rings. The van der Waals surface area contributed by atoms with Gasteiger partial charge in [-0.1, -0.05) is 12.8 Å². The molecule has 0 radical (unpaired) electrons. The zero-order valence-electron chi connectivity index (χ0n) is 20.0. The highest BCUT2D eigenvalue weighted by atomic mass is 16.5. The first-order valence-electron chi connectivity index (χ1n) is 13.1. The normalized spacial score (nSPS) is 30.7. The van der Waals surface area contributed by atoms with E-state index < -0.39 is 11.9 Å². The molecule has 1 aromatic carbocycles. The third-order valence-electron chi connectivity index (χ3n) is 9.08. The number of nitriles is 1. The van der Waals surface area contributed by atoms with Crippen LogP contribution in [-0.2, 0) is 16.1 Å². The van der Waals surface area contributed by atoms with Crippen LogP contribution >= 0.6 is 0 Å². The molecule has 3 heterocycles. The Hall–Kier alpha value is -2.92. The number of nitrogens with zero attached hydrogens (tertiary/aromatic N) is 3. The molecule has 8 heteroatoms. The topological polar surface area (TPSA) is 103 Å². The Kier molecular flexibility index (Phi) is 5.56. The van der Waals surface area contributed by atoms with Crippen molar-refractivity contribution in [3.05, 3.63) is 29.3 Å². The minimum Gasteiger partial charge on any atom is -0.489 e. The molecule has 3 atom stereocenters. The number of hydrogen-bond acceptors (Lipinski definition) is 6. The van der Waals surface area contributed by atoms with E-state index in [1.165, 1.54) is 12.8 Å². The van der Waals surface area contributed by atoms with Gasteiger partial charge in [-0.2, -0.15) is 5.26 Å². The number of piperidine rings is 1. The molecule has 2 aliphatic carbocycles. The van der Waals surface area contributed by atoms with E-state index in [-0.39, 0.29) is 29.8 Å². The summed E-state index contributed by atoms with van der Waals surface area (Å²) in [4.78, 5) is 40.9. The van der Waals surface area contributed by atoms with Crippen LogP contribution in [0.2, 0.25) is 0 Å². The van der Waals surface area contributed by atoms with Crippen molar-refractivity contribution in [2.45, 2.75) is 82.5 Å². The largest absolute Gasteiger partial charge is 0.489 e. The van der Waals surface area contributed by atoms with Gasteiger partial charge in [0.1, 0.15) is 17.9 Å². The molecule has 184 valence electrons. The molecule has 35 heavy (non-hydrogen) atoms. The van der Waals surface area contributed by atoms with E-state index in [1.807, 2.05) is 18.2 Å². The molecule has 2 saturated carbocycles. The fourth-order valence-corrected chi connectivity index (χ4v) is 6.73. The summed E-state index contributed by atoms with van der Waals surface area (Å²) in [6, 6.07) is 8.01. The SMILES string of the molecule is N#CC1(C2CN([C@@H]3CCCC[C@@H]3Oc3ccc4c(c3)CN(C3CCC(=O)NC3=O)C4=O)C2)CCC1. The Balaban J connectivity index is 1.12. The van der Waals surface area contributed by atoms with Gasteiger partial charge in [0.05, 0.1) is 11.5 Å². The van der Waals surface area contributed by atoms with Crippen LogP contribution in [0.4, 0.5) is 0 Å². The molecule has 1 N–H and O–H groups in total. The highest BCUT2D eigenvalue weighted by molar-refractivity contribution is 6.05. The summed E-state index contributed by atoms with van der Waals surface area (Å²) in [6.07, 6.45) is 8.47. The van der Waals surface area contributed by atoms with Crippen LogP contribution in [0.25, 0.3) is 0 Å². The number of fused-ring (bicyclic) bond motifs is 1. The van der Waals surface area contributed by atoms with Crippen molar-refractivity contribution in [3.63, 3.8) is 0 Å². The van der Waals surface area contributed by atoms with Crippen molar-refractivity contribution in [2.75, 3.05) is 13.1 Å². The lowest BCUT2D eigenvalue weighted by Gasteiger charge is -2.55. The second kappa shape index (κ2) is 8.63. The first-order chi connectivity index (χ1) is 17.0. The van der Waals surface area contributed by atoms with Gasteiger partial charge in [-0.25, -0.2) is 0 Å². The van der Waals surface area contributed by atoms with Crippen molar-refractivity contribution < 1.29 is 19.1 Å². The molecule has 0 bridgehead atoms. The molecular formula is C27H32N4O4. The number of imide groups is 1. The summed E-state index contributed by atoms with van der Waals surface area (Å²) >= 11 is 0. The molecule has 3 aliphatic heterocycles. The average Bonchev–Trinajstić information content (AvgIpc) is 3.11. The monoisotopic (exact) mass is 476 g/mol.